The fraction of sp³-hybridized carbons (Fsp3) is 0.300. The van der Waals surface area contributed by atoms with Crippen LogP contribution in [0.4, 0.5) is 0 Å². The summed E-state index contributed by atoms with van der Waals surface area (Å²) in [5, 5.41) is 0.888. The van der Waals surface area contributed by atoms with Crippen LogP contribution in [-0.2, 0) is 13.0 Å². The number of carbonyl (C=O) groups excluding carboxylic acids is 1. The van der Waals surface area contributed by atoms with Crippen molar-refractivity contribution in [2.45, 2.75) is 39.2 Å². The topological polar surface area (TPSA) is 42.7 Å². The van der Waals surface area contributed by atoms with Gasteiger partial charge in [-0.1, -0.05) is 61.9 Å². The molecule has 0 spiro atoms. The molecule has 4 nitrogen and oxygen atoms in total. The SMILES string of the molecule is CCCCc1oc2ccccc2c1C(=O)c1cc(I)c(OCCCN(C)Cc2ccccc2)c(I)c1. The smallest absolute Gasteiger partial charge is 0.197 e. The number of hydrogen-bond donors (Lipinski definition) is 0. The predicted molar refractivity (Wildman–Crippen MR) is 163 cm³/mol. The van der Waals surface area contributed by atoms with Crippen LogP contribution in [0.5, 0.6) is 5.75 Å². The molecule has 0 aliphatic heterocycles. The standard InChI is InChI=1S/C30H31I2NO3/c1-3-4-14-27-28(23-13-8-9-15-26(23)36-27)29(34)22-18-24(31)30(25(32)19-22)35-17-10-16-33(2)20-21-11-6-5-7-12-21/h5-9,11-13,15,18-19H,3-4,10,14,16-17,20H2,1-2H3. The number of furan rings is 1. The average Bonchev–Trinajstić information content (AvgIpc) is 3.24. The number of para-hydroxylation sites is 1. The summed E-state index contributed by atoms with van der Waals surface area (Å²) in [7, 11) is 2.13. The van der Waals surface area contributed by atoms with Crippen LogP contribution >= 0.6 is 45.2 Å². The molecule has 0 unspecified atom stereocenters. The predicted octanol–water partition coefficient (Wildman–Crippen LogP) is 8.12. The Hall–Kier alpha value is -1.91. The Balaban J connectivity index is 1.43. The van der Waals surface area contributed by atoms with E-state index >= 15 is 0 Å². The molecular formula is C30H31I2NO3. The second kappa shape index (κ2) is 13.1. The Kier molecular flexibility index (Phi) is 9.84. The first-order valence-electron chi connectivity index (χ1n) is 12.4. The van der Waals surface area contributed by atoms with E-state index in [1.165, 1.54) is 5.56 Å². The molecule has 0 saturated heterocycles. The van der Waals surface area contributed by atoms with Gasteiger partial charge in [-0.15, -0.1) is 0 Å². The molecule has 0 radical (unpaired) electrons. The lowest BCUT2D eigenvalue weighted by Crippen LogP contribution is -2.21. The zero-order valence-electron chi connectivity index (χ0n) is 20.7. The molecule has 0 aliphatic carbocycles. The van der Waals surface area contributed by atoms with Crippen molar-refractivity contribution in [3.05, 3.63) is 96.3 Å². The molecular weight excluding hydrogens is 676 g/mol. The van der Waals surface area contributed by atoms with Gasteiger partial charge in [-0.25, -0.2) is 0 Å². The van der Waals surface area contributed by atoms with Gasteiger partial charge in [-0.3, -0.25) is 4.79 Å². The van der Waals surface area contributed by atoms with Crippen LogP contribution < -0.4 is 4.74 Å². The van der Waals surface area contributed by atoms with Crippen molar-refractivity contribution in [2.75, 3.05) is 20.2 Å². The van der Waals surface area contributed by atoms with E-state index in [4.69, 9.17) is 9.15 Å². The van der Waals surface area contributed by atoms with Crippen molar-refractivity contribution < 1.29 is 13.9 Å². The summed E-state index contributed by atoms with van der Waals surface area (Å²) in [6.07, 6.45) is 3.73. The second-order valence-corrected chi connectivity index (χ2v) is 11.3. The first-order chi connectivity index (χ1) is 17.5. The van der Waals surface area contributed by atoms with E-state index in [1.807, 2.05) is 42.5 Å². The highest BCUT2D eigenvalue weighted by molar-refractivity contribution is 14.1. The lowest BCUT2D eigenvalue weighted by atomic mass is 9.98. The van der Waals surface area contributed by atoms with Gasteiger partial charge in [0.2, 0.25) is 0 Å². The van der Waals surface area contributed by atoms with Gasteiger partial charge in [-0.2, -0.15) is 0 Å². The normalized spacial score (nSPS) is 11.4. The minimum atomic E-state index is 0.0102. The molecule has 0 bridgehead atoms. The van der Waals surface area contributed by atoms with Crippen molar-refractivity contribution in [3.63, 3.8) is 0 Å². The molecule has 0 aliphatic rings. The Labute approximate surface area is 240 Å². The minimum Gasteiger partial charge on any atom is -0.491 e. The number of aryl methyl sites for hydroxylation is 1. The Morgan fingerprint density at radius 1 is 0.972 bits per heavy atom. The van der Waals surface area contributed by atoms with Crippen molar-refractivity contribution >= 4 is 61.9 Å². The van der Waals surface area contributed by atoms with Gasteiger partial charge in [0.15, 0.2) is 5.78 Å². The molecule has 1 heterocycles. The first kappa shape index (κ1) is 27.1. The summed E-state index contributed by atoms with van der Waals surface area (Å²) in [5.74, 6) is 1.64. The molecule has 0 N–H and O–H groups in total. The van der Waals surface area contributed by atoms with Crippen molar-refractivity contribution in [1.29, 1.82) is 0 Å². The summed E-state index contributed by atoms with van der Waals surface area (Å²) >= 11 is 4.55. The second-order valence-electron chi connectivity index (χ2n) is 9.02. The average molecular weight is 707 g/mol. The summed E-state index contributed by atoms with van der Waals surface area (Å²) in [4.78, 5) is 16.0. The third-order valence-electron chi connectivity index (χ3n) is 6.14. The lowest BCUT2D eigenvalue weighted by molar-refractivity contribution is 0.103. The number of ether oxygens (including phenoxy) is 1. The Morgan fingerprint density at radius 2 is 1.67 bits per heavy atom. The number of rotatable bonds is 12. The van der Waals surface area contributed by atoms with Crippen molar-refractivity contribution in [2.24, 2.45) is 0 Å². The highest BCUT2D eigenvalue weighted by Gasteiger charge is 2.23. The third kappa shape index (κ3) is 6.69. The Morgan fingerprint density at radius 3 is 2.39 bits per heavy atom. The summed E-state index contributed by atoms with van der Waals surface area (Å²) in [5.41, 5.74) is 3.45. The molecule has 188 valence electrons. The van der Waals surface area contributed by atoms with Crippen LogP contribution in [0.2, 0.25) is 0 Å². The molecule has 3 aromatic carbocycles. The van der Waals surface area contributed by atoms with E-state index < -0.39 is 0 Å². The van der Waals surface area contributed by atoms with Gasteiger partial charge in [0.05, 0.1) is 19.3 Å². The molecule has 36 heavy (non-hydrogen) atoms. The molecule has 4 rings (SSSR count). The van der Waals surface area contributed by atoms with E-state index in [1.54, 1.807) is 0 Å². The molecule has 0 amide bonds. The van der Waals surface area contributed by atoms with E-state index in [-0.39, 0.29) is 5.78 Å². The van der Waals surface area contributed by atoms with Crippen LogP contribution in [-0.4, -0.2) is 30.9 Å². The number of ketones is 1. The quantitative estimate of drug-likeness (QED) is 0.0849. The van der Waals surface area contributed by atoms with Crippen molar-refractivity contribution in [3.8, 4) is 5.75 Å². The molecule has 4 aromatic rings. The fourth-order valence-electron chi connectivity index (χ4n) is 4.31. The number of fused-ring (bicyclic) bond motifs is 1. The minimum absolute atomic E-state index is 0.0102. The van der Waals surface area contributed by atoms with E-state index in [0.29, 0.717) is 17.7 Å². The van der Waals surface area contributed by atoms with Gasteiger partial charge in [0, 0.05) is 30.5 Å². The number of carbonyl (C=O) groups is 1. The van der Waals surface area contributed by atoms with Gasteiger partial charge in [0.25, 0.3) is 0 Å². The monoisotopic (exact) mass is 707 g/mol. The molecule has 0 saturated carbocycles. The van der Waals surface area contributed by atoms with Gasteiger partial charge in [-0.05, 0) is 88.8 Å². The van der Waals surface area contributed by atoms with E-state index in [0.717, 1.165) is 68.4 Å². The van der Waals surface area contributed by atoms with E-state index in [9.17, 15) is 4.79 Å². The van der Waals surface area contributed by atoms with Crippen LogP contribution in [0.25, 0.3) is 11.0 Å². The largest absolute Gasteiger partial charge is 0.491 e. The summed E-state index contributed by atoms with van der Waals surface area (Å²) in [6.45, 7) is 4.66. The highest BCUT2D eigenvalue weighted by Crippen LogP contribution is 2.33. The van der Waals surface area contributed by atoms with Crippen LogP contribution in [0.3, 0.4) is 0 Å². The van der Waals surface area contributed by atoms with Gasteiger partial charge in [0.1, 0.15) is 17.1 Å². The third-order valence-corrected chi connectivity index (χ3v) is 7.74. The van der Waals surface area contributed by atoms with Crippen LogP contribution in [0, 0.1) is 7.14 Å². The lowest BCUT2D eigenvalue weighted by Gasteiger charge is -2.17. The number of unbranched alkanes of at least 4 members (excludes halogenated alkanes) is 1. The maximum atomic E-state index is 13.7. The number of benzene rings is 3. The van der Waals surface area contributed by atoms with Crippen molar-refractivity contribution in [1.82, 2.24) is 4.90 Å². The molecule has 6 heteroatoms. The molecule has 1 aromatic heterocycles. The summed E-state index contributed by atoms with van der Waals surface area (Å²) in [6, 6.07) is 22.2. The number of nitrogens with zero attached hydrogens (tertiary/aromatic N) is 1. The van der Waals surface area contributed by atoms with Crippen LogP contribution in [0.15, 0.2) is 71.1 Å². The number of hydrogen-bond acceptors (Lipinski definition) is 4. The first-order valence-corrected chi connectivity index (χ1v) is 14.5. The van der Waals surface area contributed by atoms with Gasteiger partial charge < -0.3 is 14.1 Å². The zero-order chi connectivity index (χ0) is 25.5. The fourth-order valence-corrected chi connectivity index (χ4v) is 6.39. The molecule has 0 atom stereocenters. The maximum Gasteiger partial charge on any atom is 0.197 e. The number of halogens is 2. The van der Waals surface area contributed by atoms with Crippen LogP contribution in [0.1, 0.15) is 53.4 Å². The maximum absolute atomic E-state index is 13.7. The summed E-state index contributed by atoms with van der Waals surface area (Å²) < 4.78 is 14.2. The zero-order valence-corrected chi connectivity index (χ0v) is 25.0. The van der Waals surface area contributed by atoms with E-state index in [2.05, 4.69) is 88.3 Å². The van der Waals surface area contributed by atoms with Gasteiger partial charge >= 0.3 is 0 Å². The highest BCUT2D eigenvalue weighted by atomic mass is 127. The Bertz CT molecular complexity index is 1290. The molecule has 0 fully saturated rings.